The van der Waals surface area contributed by atoms with Crippen molar-refractivity contribution >= 4 is 17.0 Å². The molecule has 1 fully saturated rings. The smallest absolute Gasteiger partial charge is 0.307 e. The number of aromatic nitrogens is 2. The third kappa shape index (κ3) is 1.38. The fourth-order valence-electron chi connectivity index (χ4n) is 3.07. The van der Waals surface area contributed by atoms with Crippen molar-refractivity contribution in [2.75, 3.05) is 0 Å². The van der Waals surface area contributed by atoms with E-state index in [9.17, 15) is 9.90 Å². The number of fused-ring (bicyclic) bond motifs is 1. The van der Waals surface area contributed by atoms with Gasteiger partial charge in [0.2, 0.25) is 0 Å². The lowest BCUT2D eigenvalue weighted by Gasteiger charge is -2.03. The van der Waals surface area contributed by atoms with Crippen molar-refractivity contribution in [3.05, 3.63) is 30.1 Å². The van der Waals surface area contributed by atoms with Gasteiger partial charge in [-0.05, 0) is 23.1 Å². The van der Waals surface area contributed by atoms with Crippen LogP contribution in [-0.4, -0.2) is 20.6 Å². The molecule has 1 aromatic heterocycles. The Morgan fingerprint density at radius 3 is 2.78 bits per heavy atom. The third-order valence-corrected chi connectivity index (χ3v) is 4.20. The summed E-state index contributed by atoms with van der Waals surface area (Å²) in [5, 5.41) is 9.22. The lowest BCUT2D eigenvalue weighted by Crippen LogP contribution is -2.03. The highest BCUT2D eigenvalue weighted by Crippen LogP contribution is 2.64. The predicted octanol–water partition coefficient (Wildman–Crippen LogP) is 2.40. The van der Waals surface area contributed by atoms with Crippen molar-refractivity contribution in [1.29, 1.82) is 0 Å². The van der Waals surface area contributed by atoms with E-state index in [0.29, 0.717) is 0 Å². The number of rotatable bonds is 2. The van der Waals surface area contributed by atoms with E-state index < -0.39 is 5.97 Å². The molecule has 18 heavy (non-hydrogen) atoms. The molecule has 2 atom stereocenters. The van der Waals surface area contributed by atoms with Gasteiger partial charge < -0.3 is 9.67 Å². The molecule has 4 heteroatoms. The van der Waals surface area contributed by atoms with Crippen LogP contribution in [0.3, 0.4) is 0 Å². The normalized spacial score (nSPS) is 25.3. The van der Waals surface area contributed by atoms with Gasteiger partial charge in [-0.25, -0.2) is 4.98 Å². The molecule has 2 aromatic rings. The van der Waals surface area contributed by atoms with Crippen molar-refractivity contribution in [2.45, 2.75) is 19.8 Å². The number of nitrogens with zero attached hydrogens (tertiary/aromatic N) is 2. The lowest BCUT2D eigenvalue weighted by molar-refractivity contribution is -0.139. The van der Waals surface area contributed by atoms with Crippen molar-refractivity contribution < 1.29 is 9.90 Å². The van der Waals surface area contributed by atoms with Crippen molar-refractivity contribution in [3.63, 3.8) is 0 Å². The molecule has 0 saturated heterocycles. The van der Waals surface area contributed by atoms with Crippen LogP contribution in [0, 0.1) is 11.3 Å². The number of carboxylic acids is 1. The van der Waals surface area contributed by atoms with E-state index in [-0.39, 0.29) is 17.3 Å². The molecular formula is C14H16N2O2. The minimum Gasteiger partial charge on any atom is -0.481 e. The predicted molar refractivity (Wildman–Crippen MR) is 68.4 cm³/mol. The summed E-state index contributed by atoms with van der Waals surface area (Å²) in [6.07, 6.45) is 1.78. The van der Waals surface area contributed by atoms with Crippen LogP contribution < -0.4 is 0 Å². The van der Waals surface area contributed by atoms with Crippen LogP contribution in [0.4, 0.5) is 0 Å². The molecule has 1 aromatic carbocycles. The highest BCUT2D eigenvalue weighted by atomic mass is 16.4. The third-order valence-electron chi connectivity index (χ3n) is 4.20. The van der Waals surface area contributed by atoms with Gasteiger partial charge in [-0.15, -0.1) is 0 Å². The number of aryl methyl sites for hydroxylation is 1. The number of aliphatic carboxylic acids is 1. The molecule has 0 bridgehead atoms. The van der Waals surface area contributed by atoms with Crippen molar-refractivity contribution in [2.24, 2.45) is 18.4 Å². The quantitative estimate of drug-likeness (QED) is 0.882. The Morgan fingerprint density at radius 2 is 2.17 bits per heavy atom. The number of benzene rings is 1. The van der Waals surface area contributed by atoms with Crippen LogP contribution >= 0.6 is 0 Å². The first-order valence-electron chi connectivity index (χ1n) is 6.06. The van der Waals surface area contributed by atoms with Gasteiger partial charge in [0.05, 0.1) is 23.3 Å². The van der Waals surface area contributed by atoms with Gasteiger partial charge in [-0.1, -0.05) is 19.9 Å². The summed E-state index contributed by atoms with van der Waals surface area (Å²) < 4.78 is 1.96. The number of hydrogen-bond acceptors (Lipinski definition) is 2. The van der Waals surface area contributed by atoms with Crippen LogP contribution in [0.25, 0.3) is 11.0 Å². The lowest BCUT2D eigenvalue weighted by atomic mass is 10.0. The Hall–Kier alpha value is -1.84. The molecule has 1 aliphatic carbocycles. The fraction of sp³-hybridized carbons (Fsp3) is 0.429. The summed E-state index contributed by atoms with van der Waals surface area (Å²) in [5.41, 5.74) is 2.93. The summed E-state index contributed by atoms with van der Waals surface area (Å²) in [4.78, 5) is 15.5. The van der Waals surface area contributed by atoms with Crippen LogP contribution in [0.1, 0.15) is 25.3 Å². The molecule has 0 unspecified atom stereocenters. The second-order valence-corrected chi connectivity index (χ2v) is 5.72. The highest BCUT2D eigenvalue weighted by Gasteiger charge is 2.62. The average molecular weight is 244 g/mol. The fourth-order valence-corrected chi connectivity index (χ4v) is 3.07. The maximum atomic E-state index is 11.2. The molecular weight excluding hydrogens is 228 g/mol. The highest BCUT2D eigenvalue weighted by molar-refractivity contribution is 5.80. The van der Waals surface area contributed by atoms with Crippen LogP contribution in [0.2, 0.25) is 0 Å². The van der Waals surface area contributed by atoms with E-state index in [1.165, 1.54) is 0 Å². The summed E-state index contributed by atoms with van der Waals surface area (Å²) in [6, 6.07) is 6.06. The molecule has 1 N–H and O–H groups in total. The van der Waals surface area contributed by atoms with E-state index >= 15 is 0 Å². The second kappa shape index (κ2) is 3.34. The Balaban J connectivity index is 2.04. The van der Waals surface area contributed by atoms with E-state index in [0.717, 1.165) is 16.6 Å². The summed E-state index contributed by atoms with van der Waals surface area (Å²) in [5.74, 6) is -0.883. The van der Waals surface area contributed by atoms with Crippen LogP contribution in [0.15, 0.2) is 24.5 Å². The van der Waals surface area contributed by atoms with Gasteiger partial charge in [0.25, 0.3) is 0 Å². The van der Waals surface area contributed by atoms with Gasteiger partial charge in [-0.3, -0.25) is 4.79 Å². The maximum Gasteiger partial charge on any atom is 0.307 e. The number of hydrogen-bond donors (Lipinski definition) is 1. The van der Waals surface area contributed by atoms with Gasteiger partial charge >= 0.3 is 5.97 Å². The van der Waals surface area contributed by atoms with E-state index in [2.05, 4.69) is 4.98 Å². The molecule has 1 aliphatic rings. The Bertz CT molecular complexity index is 642. The Morgan fingerprint density at radius 1 is 1.44 bits per heavy atom. The monoisotopic (exact) mass is 244 g/mol. The average Bonchev–Trinajstić information content (AvgIpc) is 2.70. The van der Waals surface area contributed by atoms with Gasteiger partial charge in [0.1, 0.15) is 0 Å². The van der Waals surface area contributed by atoms with Gasteiger partial charge in [0, 0.05) is 13.0 Å². The number of carbonyl (C=O) groups is 1. The maximum absolute atomic E-state index is 11.2. The van der Waals surface area contributed by atoms with E-state index in [4.69, 9.17) is 0 Å². The van der Waals surface area contributed by atoms with Crippen LogP contribution in [-0.2, 0) is 11.8 Å². The summed E-state index contributed by atoms with van der Waals surface area (Å²) >= 11 is 0. The van der Waals surface area contributed by atoms with E-state index in [1.54, 1.807) is 6.33 Å². The first-order chi connectivity index (χ1) is 8.43. The van der Waals surface area contributed by atoms with Gasteiger partial charge in [-0.2, -0.15) is 0 Å². The van der Waals surface area contributed by atoms with E-state index in [1.807, 2.05) is 43.7 Å². The van der Waals surface area contributed by atoms with Crippen molar-refractivity contribution in [3.8, 4) is 0 Å². The first kappa shape index (κ1) is 11.3. The standard InChI is InChI=1S/C14H16N2O2/c1-14(2)11(12(14)13(17)18)8-4-5-10-9(6-8)15-7-16(10)3/h4-7,11-12H,1-3H3,(H,17,18)/t11-,12+/m1/s1. The number of carboxylic acid groups (broad SMARTS) is 1. The minimum absolute atomic E-state index is 0.0985. The minimum atomic E-state index is -0.703. The topological polar surface area (TPSA) is 55.1 Å². The SMILES string of the molecule is Cn1cnc2cc([C@@H]3[C@@H](C(=O)O)C3(C)C)ccc21. The molecule has 0 amide bonds. The molecule has 3 rings (SSSR count). The molecule has 0 spiro atoms. The Labute approximate surface area is 105 Å². The Kier molecular flexibility index (Phi) is 2.09. The zero-order valence-electron chi connectivity index (χ0n) is 10.7. The summed E-state index contributed by atoms with van der Waals surface area (Å²) in [7, 11) is 1.95. The largest absolute Gasteiger partial charge is 0.481 e. The zero-order valence-corrected chi connectivity index (χ0v) is 10.7. The molecule has 1 heterocycles. The molecule has 4 nitrogen and oxygen atoms in total. The van der Waals surface area contributed by atoms with Gasteiger partial charge in [0.15, 0.2) is 0 Å². The molecule has 94 valence electrons. The summed E-state index contributed by atoms with van der Waals surface area (Å²) in [6.45, 7) is 4.03. The number of imidazole rings is 1. The molecule has 1 saturated carbocycles. The first-order valence-corrected chi connectivity index (χ1v) is 6.06. The second-order valence-electron chi connectivity index (χ2n) is 5.72. The van der Waals surface area contributed by atoms with Crippen molar-refractivity contribution in [1.82, 2.24) is 9.55 Å². The molecule has 0 radical (unpaired) electrons. The van der Waals surface area contributed by atoms with Crippen LogP contribution in [0.5, 0.6) is 0 Å². The zero-order chi connectivity index (χ0) is 13.1. The molecule has 0 aliphatic heterocycles.